The molecule has 0 saturated carbocycles. The number of halogens is 1. The second kappa shape index (κ2) is 5.46. The summed E-state index contributed by atoms with van der Waals surface area (Å²) in [4.78, 5) is 24.6. The molecule has 3 rings (SSSR count). The Bertz CT molecular complexity index is 809. The summed E-state index contributed by atoms with van der Waals surface area (Å²) in [5.41, 5.74) is 1.01. The van der Waals surface area contributed by atoms with E-state index in [-0.39, 0.29) is 17.0 Å². The molecule has 0 aliphatic heterocycles. The maximum atomic E-state index is 12.4. The maximum absolute atomic E-state index is 12.4. The number of hydrogen-bond acceptors (Lipinski definition) is 4. The zero-order valence-electron chi connectivity index (χ0n) is 11.2. The molecule has 21 heavy (non-hydrogen) atoms. The molecule has 0 fully saturated rings. The van der Waals surface area contributed by atoms with Crippen LogP contribution in [0.3, 0.4) is 0 Å². The number of aryl methyl sites for hydroxylation is 1. The van der Waals surface area contributed by atoms with Crippen LogP contribution in [-0.2, 0) is 0 Å². The molecule has 0 aliphatic carbocycles. The van der Waals surface area contributed by atoms with Crippen molar-refractivity contribution in [1.82, 2.24) is 15.0 Å². The van der Waals surface area contributed by atoms with E-state index in [1.807, 2.05) is 30.3 Å². The molecule has 0 spiro atoms. The normalized spacial score (nSPS) is 10.6. The maximum Gasteiger partial charge on any atom is 0.277 e. The molecule has 2 aromatic heterocycles. The molecule has 0 saturated heterocycles. The average molecular weight is 299 g/mol. The van der Waals surface area contributed by atoms with Gasteiger partial charge in [-0.05, 0) is 24.4 Å². The molecule has 2 heterocycles. The van der Waals surface area contributed by atoms with E-state index in [9.17, 15) is 4.79 Å². The van der Waals surface area contributed by atoms with Crippen molar-refractivity contribution in [2.75, 3.05) is 5.32 Å². The highest BCUT2D eigenvalue weighted by molar-refractivity contribution is 6.29. The van der Waals surface area contributed by atoms with Crippen molar-refractivity contribution in [3.63, 3.8) is 0 Å². The fraction of sp³-hybridized carbons (Fsp3) is 0.0667. The van der Waals surface area contributed by atoms with Crippen molar-refractivity contribution in [2.45, 2.75) is 6.92 Å². The second-order valence-electron chi connectivity index (χ2n) is 4.49. The Morgan fingerprint density at radius 1 is 1.19 bits per heavy atom. The Morgan fingerprint density at radius 3 is 2.81 bits per heavy atom. The van der Waals surface area contributed by atoms with Gasteiger partial charge in [-0.3, -0.25) is 15.1 Å². The fourth-order valence-electron chi connectivity index (χ4n) is 2.05. The van der Waals surface area contributed by atoms with E-state index in [2.05, 4.69) is 20.3 Å². The summed E-state index contributed by atoms with van der Waals surface area (Å²) in [7, 11) is 0. The number of benzene rings is 1. The van der Waals surface area contributed by atoms with Crippen LogP contribution in [0.5, 0.6) is 0 Å². The van der Waals surface area contributed by atoms with Gasteiger partial charge in [0.25, 0.3) is 5.91 Å². The van der Waals surface area contributed by atoms with Gasteiger partial charge >= 0.3 is 0 Å². The highest BCUT2D eigenvalue weighted by Crippen LogP contribution is 2.17. The molecule has 1 aromatic carbocycles. The van der Waals surface area contributed by atoms with Gasteiger partial charge in [0.1, 0.15) is 10.8 Å². The summed E-state index contributed by atoms with van der Waals surface area (Å²) in [5.74, 6) is -0.201. The van der Waals surface area contributed by atoms with Crippen molar-refractivity contribution >= 4 is 34.2 Å². The van der Waals surface area contributed by atoms with Crippen LogP contribution in [0.25, 0.3) is 10.8 Å². The van der Waals surface area contributed by atoms with Crippen LogP contribution in [0.15, 0.2) is 42.6 Å². The van der Waals surface area contributed by atoms with E-state index < -0.39 is 0 Å². The Hall–Kier alpha value is -2.53. The number of nitrogens with zero attached hydrogens (tertiary/aromatic N) is 3. The molecular formula is C15H11ClN4O. The van der Waals surface area contributed by atoms with Crippen molar-refractivity contribution in [2.24, 2.45) is 0 Å². The molecule has 0 aliphatic rings. The number of carbonyl (C=O) groups is 1. The molecule has 1 N–H and O–H groups in total. The van der Waals surface area contributed by atoms with E-state index in [1.165, 1.54) is 0 Å². The predicted octanol–water partition coefficient (Wildman–Crippen LogP) is 3.24. The van der Waals surface area contributed by atoms with Gasteiger partial charge in [0.05, 0.1) is 0 Å². The zero-order chi connectivity index (χ0) is 14.8. The SMILES string of the molecule is Cc1cc(Cl)nc(NC(=O)c2nccc3ccccc23)n1. The minimum atomic E-state index is -0.367. The number of nitrogens with one attached hydrogen (secondary N) is 1. The molecule has 5 nitrogen and oxygen atoms in total. The molecule has 6 heteroatoms. The zero-order valence-corrected chi connectivity index (χ0v) is 11.9. The van der Waals surface area contributed by atoms with Crippen molar-refractivity contribution in [3.8, 4) is 0 Å². The number of hydrogen-bond donors (Lipinski definition) is 1. The number of anilines is 1. The Kier molecular flexibility index (Phi) is 3.50. The number of aromatic nitrogens is 3. The first-order valence-corrected chi connectivity index (χ1v) is 6.67. The van der Waals surface area contributed by atoms with Gasteiger partial charge < -0.3 is 0 Å². The number of amides is 1. The summed E-state index contributed by atoms with van der Waals surface area (Å²) in [6.07, 6.45) is 1.60. The van der Waals surface area contributed by atoms with Gasteiger partial charge in [0, 0.05) is 17.3 Å². The first-order chi connectivity index (χ1) is 10.1. The van der Waals surface area contributed by atoms with Crippen LogP contribution >= 0.6 is 11.6 Å². The monoisotopic (exact) mass is 298 g/mol. The van der Waals surface area contributed by atoms with E-state index in [4.69, 9.17) is 11.6 Å². The van der Waals surface area contributed by atoms with Crippen LogP contribution in [0.4, 0.5) is 5.95 Å². The lowest BCUT2D eigenvalue weighted by Gasteiger charge is -2.06. The quantitative estimate of drug-likeness (QED) is 0.738. The summed E-state index contributed by atoms with van der Waals surface area (Å²) in [6.45, 7) is 1.78. The standard InChI is InChI=1S/C15H11ClN4O/c1-9-8-12(16)19-15(18-9)20-14(21)13-11-5-3-2-4-10(11)6-7-17-13/h2-8H,1H3,(H,18,19,20,21). The van der Waals surface area contributed by atoms with Crippen molar-refractivity contribution in [1.29, 1.82) is 0 Å². The van der Waals surface area contributed by atoms with E-state index >= 15 is 0 Å². The van der Waals surface area contributed by atoms with Gasteiger partial charge in [0.15, 0.2) is 0 Å². The van der Waals surface area contributed by atoms with Crippen LogP contribution in [0.2, 0.25) is 5.15 Å². The lowest BCUT2D eigenvalue weighted by molar-refractivity contribution is 0.102. The number of rotatable bonds is 2. The van der Waals surface area contributed by atoms with Crippen molar-refractivity contribution in [3.05, 3.63) is 59.1 Å². The molecule has 1 amide bonds. The van der Waals surface area contributed by atoms with Gasteiger partial charge in [-0.15, -0.1) is 0 Å². The first-order valence-electron chi connectivity index (χ1n) is 6.30. The highest BCUT2D eigenvalue weighted by atomic mass is 35.5. The highest BCUT2D eigenvalue weighted by Gasteiger charge is 2.13. The minimum absolute atomic E-state index is 0.166. The molecule has 3 aromatic rings. The molecule has 0 unspecified atom stereocenters. The lowest BCUT2D eigenvalue weighted by atomic mass is 10.1. The Balaban J connectivity index is 1.97. The van der Waals surface area contributed by atoms with Gasteiger partial charge in [0.2, 0.25) is 5.95 Å². The summed E-state index contributed by atoms with van der Waals surface area (Å²) >= 11 is 5.86. The topological polar surface area (TPSA) is 67.8 Å². The molecule has 0 bridgehead atoms. The average Bonchev–Trinajstić information content (AvgIpc) is 2.45. The predicted molar refractivity (Wildman–Crippen MR) is 81.5 cm³/mol. The first kappa shape index (κ1) is 13.5. The Labute approximate surface area is 126 Å². The third-order valence-corrected chi connectivity index (χ3v) is 3.13. The number of carbonyl (C=O) groups excluding carboxylic acids is 1. The minimum Gasteiger partial charge on any atom is -0.289 e. The third-order valence-electron chi connectivity index (χ3n) is 2.94. The number of fused-ring (bicyclic) bond motifs is 1. The third kappa shape index (κ3) is 2.83. The van der Waals surface area contributed by atoms with Crippen LogP contribution in [0.1, 0.15) is 16.2 Å². The van der Waals surface area contributed by atoms with Gasteiger partial charge in [-0.2, -0.15) is 0 Å². The lowest BCUT2D eigenvalue weighted by Crippen LogP contribution is -2.16. The van der Waals surface area contributed by atoms with E-state index in [0.717, 1.165) is 10.8 Å². The fourth-order valence-corrected chi connectivity index (χ4v) is 2.29. The second-order valence-corrected chi connectivity index (χ2v) is 4.88. The van der Waals surface area contributed by atoms with Gasteiger partial charge in [-0.1, -0.05) is 35.9 Å². The Morgan fingerprint density at radius 2 is 2.00 bits per heavy atom. The van der Waals surface area contributed by atoms with Crippen LogP contribution in [0, 0.1) is 6.92 Å². The van der Waals surface area contributed by atoms with Crippen LogP contribution < -0.4 is 5.32 Å². The molecule has 0 atom stereocenters. The van der Waals surface area contributed by atoms with Crippen LogP contribution in [-0.4, -0.2) is 20.9 Å². The van der Waals surface area contributed by atoms with Crippen molar-refractivity contribution < 1.29 is 4.79 Å². The van der Waals surface area contributed by atoms with E-state index in [1.54, 1.807) is 19.2 Å². The molecule has 0 radical (unpaired) electrons. The molecular weight excluding hydrogens is 288 g/mol. The smallest absolute Gasteiger partial charge is 0.277 e. The largest absolute Gasteiger partial charge is 0.289 e. The summed E-state index contributed by atoms with van der Waals surface area (Å²) in [5, 5.41) is 4.62. The number of pyridine rings is 1. The van der Waals surface area contributed by atoms with Gasteiger partial charge in [-0.25, -0.2) is 9.97 Å². The molecule has 104 valence electrons. The summed E-state index contributed by atoms with van der Waals surface area (Å²) < 4.78 is 0. The van der Waals surface area contributed by atoms with E-state index in [0.29, 0.717) is 11.4 Å². The summed E-state index contributed by atoms with van der Waals surface area (Å²) in [6, 6.07) is 11.0.